The Morgan fingerprint density at radius 2 is 1.60 bits per heavy atom. The second-order valence-corrected chi connectivity index (χ2v) is 7.46. The fourth-order valence-electron chi connectivity index (χ4n) is 3.49. The minimum atomic E-state index is -1.76. The average molecular weight is 285 g/mol. The Bertz CT molecular complexity index is 457. The maximum absolute atomic E-state index is 12.3. The molecular formula is C14H23NO5. The smallest absolute Gasteiger partial charge is 0.408 e. The fraction of sp³-hybridized carbons (Fsp3) is 0.786. The van der Waals surface area contributed by atoms with Gasteiger partial charge in [0.1, 0.15) is 0 Å². The lowest BCUT2D eigenvalue weighted by atomic mass is 9.59. The van der Waals surface area contributed by atoms with E-state index in [-0.39, 0.29) is 12.3 Å². The molecular weight excluding hydrogens is 262 g/mol. The first-order valence-electron chi connectivity index (χ1n) is 6.54. The van der Waals surface area contributed by atoms with Crippen molar-refractivity contribution in [2.75, 3.05) is 6.54 Å². The van der Waals surface area contributed by atoms with Gasteiger partial charge >= 0.3 is 12.1 Å². The SMILES string of the molecule is CC(C)(C)C1C(=O)CN(C(=O)O)[C@]1(C(=O)O)C(C)(C)C. The van der Waals surface area contributed by atoms with Crippen molar-refractivity contribution in [2.24, 2.45) is 16.7 Å². The lowest BCUT2D eigenvalue weighted by Gasteiger charge is -2.49. The number of Topliss-reactive ketones (excluding diaryl/α,β-unsaturated/α-hetero) is 1. The van der Waals surface area contributed by atoms with Gasteiger partial charge in [0.2, 0.25) is 0 Å². The molecule has 1 rings (SSSR count). The van der Waals surface area contributed by atoms with Gasteiger partial charge < -0.3 is 10.2 Å². The van der Waals surface area contributed by atoms with Crippen LogP contribution in [0.5, 0.6) is 0 Å². The second kappa shape index (κ2) is 4.46. The van der Waals surface area contributed by atoms with Crippen molar-refractivity contribution in [3.05, 3.63) is 0 Å². The number of amides is 1. The zero-order valence-corrected chi connectivity index (χ0v) is 12.9. The van der Waals surface area contributed by atoms with Gasteiger partial charge in [0.05, 0.1) is 12.5 Å². The van der Waals surface area contributed by atoms with Gasteiger partial charge in [-0.25, -0.2) is 9.59 Å². The first-order valence-corrected chi connectivity index (χ1v) is 6.54. The zero-order chi connectivity index (χ0) is 16.1. The molecule has 1 unspecified atom stereocenters. The van der Waals surface area contributed by atoms with Crippen LogP contribution in [-0.4, -0.2) is 45.0 Å². The number of hydrogen-bond acceptors (Lipinski definition) is 3. The topological polar surface area (TPSA) is 94.9 Å². The van der Waals surface area contributed by atoms with Gasteiger partial charge in [0.15, 0.2) is 11.3 Å². The van der Waals surface area contributed by atoms with Gasteiger partial charge in [0, 0.05) is 0 Å². The van der Waals surface area contributed by atoms with Crippen molar-refractivity contribution in [1.82, 2.24) is 4.90 Å². The van der Waals surface area contributed by atoms with Crippen molar-refractivity contribution in [1.29, 1.82) is 0 Å². The molecule has 1 saturated heterocycles. The number of hydrogen-bond donors (Lipinski definition) is 2. The largest absolute Gasteiger partial charge is 0.479 e. The molecule has 2 atom stereocenters. The first-order chi connectivity index (χ1) is 8.77. The summed E-state index contributed by atoms with van der Waals surface area (Å²) < 4.78 is 0. The molecule has 1 fully saturated rings. The minimum absolute atomic E-state index is 0.336. The predicted molar refractivity (Wildman–Crippen MR) is 72.5 cm³/mol. The minimum Gasteiger partial charge on any atom is -0.479 e. The van der Waals surface area contributed by atoms with E-state index in [4.69, 9.17) is 0 Å². The van der Waals surface area contributed by atoms with Crippen molar-refractivity contribution >= 4 is 17.8 Å². The Balaban J connectivity index is 3.70. The summed E-state index contributed by atoms with van der Waals surface area (Å²) in [4.78, 5) is 36.7. The molecule has 2 N–H and O–H groups in total. The van der Waals surface area contributed by atoms with Crippen LogP contribution >= 0.6 is 0 Å². The maximum Gasteiger partial charge on any atom is 0.408 e. The number of aliphatic carboxylic acids is 1. The summed E-state index contributed by atoms with van der Waals surface area (Å²) in [5.74, 6) is -2.49. The predicted octanol–water partition coefficient (Wildman–Crippen LogP) is 2.08. The third kappa shape index (κ3) is 2.07. The monoisotopic (exact) mass is 285 g/mol. The standard InChI is InChI=1S/C14H23NO5/c1-12(2,3)9-8(16)7-15(11(19)20)14(9,10(17)18)13(4,5)6/h9H,7H2,1-6H3,(H,17,18)(H,19,20)/t9?,14-/m1/s1. The van der Waals surface area contributed by atoms with Crippen molar-refractivity contribution in [3.8, 4) is 0 Å². The van der Waals surface area contributed by atoms with Crippen LogP contribution in [0.3, 0.4) is 0 Å². The molecule has 0 aromatic heterocycles. The molecule has 1 aliphatic rings. The molecule has 0 aromatic rings. The number of rotatable bonds is 1. The van der Waals surface area contributed by atoms with E-state index in [0.717, 1.165) is 4.90 Å². The highest BCUT2D eigenvalue weighted by Gasteiger charge is 2.69. The first kappa shape index (κ1) is 16.5. The van der Waals surface area contributed by atoms with Crippen LogP contribution in [-0.2, 0) is 9.59 Å². The molecule has 1 heterocycles. The number of carbonyl (C=O) groups excluding carboxylic acids is 1. The molecule has 0 aliphatic carbocycles. The number of carboxylic acids is 1. The molecule has 0 aromatic carbocycles. The summed E-state index contributed by atoms with van der Waals surface area (Å²) in [6.07, 6.45) is -1.37. The molecule has 6 heteroatoms. The molecule has 1 amide bonds. The van der Waals surface area contributed by atoms with E-state index in [1.54, 1.807) is 41.5 Å². The van der Waals surface area contributed by atoms with Crippen molar-refractivity contribution in [2.45, 2.75) is 47.1 Å². The lowest BCUT2D eigenvalue weighted by Crippen LogP contribution is -2.66. The van der Waals surface area contributed by atoms with Crippen molar-refractivity contribution in [3.63, 3.8) is 0 Å². The van der Waals surface area contributed by atoms with Crippen LogP contribution in [0.1, 0.15) is 41.5 Å². The van der Waals surface area contributed by atoms with E-state index in [2.05, 4.69) is 0 Å². The molecule has 0 bridgehead atoms. The molecule has 20 heavy (non-hydrogen) atoms. The summed E-state index contributed by atoms with van der Waals surface area (Å²) >= 11 is 0. The van der Waals surface area contributed by atoms with E-state index in [9.17, 15) is 24.6 Å². The highest BCUT2D eigenvalue weighted by atomic mass is 16.4. The van der Waals surface area contributed by atoms with Gasteiger partial charge in [-0.05, 0) is 10.8 Å². The van der Waals surface area contributed by atoms with Gasteiger partial charge in [-0.3, -0.25) is 9.69 Å². The maximum atomic E-state index is 12.3. The normalized spacial score (nSPS) is 27.8. The number of carbonyl (C=O) groups is 3. The molecule has 0 spiro atoms. The number of ketones is 1. The molecule has 114 valence electrons. The second-order valence-electron chi connectivity index (χ2n) is 7.46. The Labute approximate surface area is 118 Å². The number of nitrogens with zero attached hydrogens (tertiary/aromatic N) is 1. The summed E-state index contributed by atoms with van der Waals surface area (Å²) in [6.45, 7) is 9.91. The zero-order valence-electron chi connectivity index (χ0n) is 12.9. The molecule has 6 nitrogen and oxygen atoms in total. The fourth-order valence-corrected chi connectivity index (χ4v) is 3.49. The van der Waals surface area contributed by atoms with Gasteiger partial charge in [-0.1, -0.05) is 41.5 Å². The third-order valence-electron chi connectivity index (χ3n) is 4.05. The van der Waals surface area contributed by atoms with Gasteiger partial charge in [-0.2, -0.15) is 0 Å². The number of likely N-dealkylation sites (tertiary alicyclic amines) is 1. The Kier molecular flexibility index (Phi) is 3.67. The van der Waals surface area contributed by atoms with Crippen molar-refractivity contribution < 1.29 is 24.6 Å². The molecule has 0 saturated carbocycles. The van der Waals surface area contributed by atoms with E-state index in [0.29, 0.717) is 0 Å². The van der Waals surface area contributed by atoms with Crippen LogP contribution in [0, 0.1) is 16.7 Å². The Morgan fingerprint density at radius 3 is 1.85 bits per heavy atom. The number of carboxylic acid groups (broad SMARTS) is 2. The highest BCUT2D eigenvalue weighted by molar-refractivity contribution is 6.01. The molecule has 1 aliphatic heterocycles. The van der Waals surface area contributed by atoms with E-state index < -0.39 is 34.3 Å². The van der Waals surface area contributed by atoms with Crippen LogP contribution in [0.2, 0.25) is 0 Å². The summed E-state index contributed by atoms with van der Waals surface area (Å²) in [7, 11) is 0. The van der Waals surface area contributed by atoms with Crippen LogP contribution < -0.4 is 0 Å². The Hall–Kier alpha value is -1.59. The summed E-state index contributed by atoms with van der Waals surface area (Å²) in [5.41, 5.74) is -3.32. The quantitative estimate of drug-likeness (QED) is 0.769. The van der Waals surface area contributed by atoms with E-state index in [1.165, 1.54) is 0 Å². The molecule has 0 radical (unpaired) electrons. The van der Waals surface area contributed by atoms with Crippen LogP contribution in [0.15, 0.2) is 0 Å². The van der Waals surface area contributed by atoms with E-state index in [1.807, 2.05) is 0 Å². The van der Waals surface area contributed by atoms with E-state index >= 15 is 0 Å². The Morgan fingerprint density at radius 1 is 1.15 bits per heavy atom. The highest BCUT2D eigenvalue weighted by Crippen LogP contribution is 2.52. The van der Waals surface area contributed by atoms with Crippen LogP contribution in [0.25, 0.3) is 0 Å². The average Bonchev–Trinajstić information content (AvgIpc) is 2.50. The third-order valence-corrected chi connectivity index (χ3v) is 4.05. The summed E-state index contributed by atoms with van der Waals surface area (Å²) in [5, 5.41) is 19.2. The lowest BCUT2D eigenvalue weighted by molar-refractivity contribution is -0.164. The van der Waals surface area contributed by atoms with Gasteiger partial charge in [0.25, 0.3) is 0 Å². The summed E-state index contributed by atoms with van der Waals surface area (Å²) in [6, 6.07) is 0. The van der Waals surface area contributed by atoms with Gasteiger partial charge in [-0.15, -0.1) is 0 Å². The van der Waals surface area contributed by atoms with Crippen LogP contribution in [0.4, 0.5) is 4.79 Å².